The van der Waals surface area contributed by atoms with Gasteiger partial charge in [0.05, 0.1) is 23.1 Å². The second-order valence-electron chi connectivity index (χ2n) is 5.07. The van der Waals surface area contributed by atoms with Crippen LogP contribution in [0.15, 0.2) is 40.9 Å². The molecule has 0 spiro atoms. The van der Waals surface area contributed by atoms with E-state index >= 15 is 0 Å². The standard InChI is InChI=1S/C15H10BrClF3NO4S/c1-26(23,24)25-13-7-9(17)3-4-10(13)14(22)21-12-6-8(15(18,19)20)2-5-11(12)16/h2-7H,1H3,(H,21,22). The zero-order valence-corrected chi connectivity index (χ0v) is 16.1. The molecule has 0 unspecified atom stereocenters. The lowest BCUT2D eigenvalue weighted by molar-refractivity contribution is -0.137. The molecule has 11 heteroatoms. The summed E-state index contributed by atoms with van der Waals surface area (Å²) in [6, 6.07) is 6.34. The van der Waals surface area contributed by atoms with Gasteiger partial charge in [-0.3, -0.25) is 4.79 Å². The number of amides is 1. The molecule has 0 heterocycles. The van der Waals surface area contributed by atoms with E-state index in [0.29, 0.717) is 0 Å². The Bertz CT molecular complexity index is 964. The van der Waals surface area contributed by atoms with Crippen molar-refractivity contribution in [3.05, 3.63) is 57.0 Å². The number of nitrogens with one attached hydrogen (secondary N) is 1. The molecule has 140 valence electrons. The smallest absolute Gasteiger partial charge is 0.382 e. The van der Waals surface area contributed by atoms with Gasteiger partial charge in [-0.2, -0.15) is 21.6 Å². The number of carbonyl (C=O) groups excluding carboxylic acids is 1. The van der Waals surface area contributed by atoms with Crippen LogP contribution in [0.5, 0.6) is 5.75 Å². The van der Waals surface area contributed by atoms with Crippen LogP contribution >= 0.6 is 27.5 Å². The molecule has 2 aromatic rings. The van der Waals surface area contributed by atoms with Crippen LogP contribution in [0.4, 0.5) is 18.9 Å². The fraction of sp³-hybridized carbons (Fsp3) is 0.133. The molecule has 5 nitrogen and oxygen atoms in total. The van der Waals surface area contributed by atoms with Crippen molar-refractivity contribution in [1.82, 2.24) is 0 Å². The molecular weight excluding hydrogens is 463 g/mol. The third-order valence-corrected chi connectivity index (χ3v) is 4.38. The highest BCUT2D eigenvalue weighted by Crippen LogP contribution is 2.34. The van der Waals surface area contributed by atoms with Gasteiger partial charge in [-0.1, -0.05) is 11.6 Å². The van der Waals surface area contributed by atoms with Crippen molar-refractivity contribution in [3.63, 3.8) is 0 Å². The average molecular weight is 473 g/mol. The van der Waals surface area contributed by atoms with E-state index < -0.39 is 27.8 Å². The second kappa shape index (κ2) is 7.45. The van der Waals surface area contributed by atoms with Crippen LogP contribution in [0.3, 0.4) is 0 Å². The van der Waals surface area contributed by atoms with Crippen LogP contribution in [0.2, 0.25) is 5.02 Å². The third-order valence-electron chi connectivity index (χ3n) is 2.97. The van der Waals surface area contributed by atoms with Crippen LogP contribution in [0, 0.1) is 0 Å². The monoisotopic (exact) mass is 471 g/mol. The molecule has 0 radical (unpaired) electrons. The number of carbonyl (C=O) groups is 1. The molecule has 1 amide bonds. The Balaban J connectivity index is 2.40. The summed E-state index contributed by atoms with van der Waals surface area (Å²) >= 11 is 8.81. The van der Waals surface area contributed by atoms with Crippen LogP contribution in [-0.2, 0) is 16.3 Å². The maximum absolute atomic E-state index is 12.8. The first-order valence-corrected chi connectivity index (χ1v) is 9.72. The van der Waals surface area contributed by atoms with Crippen molar-refractivity contribution < 1.29 is 30.6 Å². The van der Waals surface area contributed by atoms with Crippen molar-refractivity contribution in [3.8, 4) is 5.75 Å². The lowest BCUT2D eigenvalue weighted by Crippen LogP contribution is -2.16. The first-order chi connectivity index (χ1) is 11.9. The van der Waals surface area contributed by atoms with Gasteiger partial charge in [-0.25, -0.2) is 0 Å². The lowest BCUT2D eigenvalue weighted by Gasteiger charge is -2.13. The zero-order valence-electron chi connectivity index (χ0n) is 12.9. The van der Waals surface area contributed by atoms with Crippen molar-refractivity contribution in [2.45, 2.75) is 6.18 Å². The molecule has 1 N–H and O–H groups in total. The summed E-state index contributed by atoms with van der Waals surface area (Å²) in [5.74, 6) is -1.22. The predicted octanol–water partition coefficient (Wildman–Crippen LogP) is 4.71. The van der Waals surface area contributed by atoms with Gasteiger partial charge in [0.15, 0.2) is 5.75 Å². The molecule has 0 aliphatic rings. The van der Waals surface area contributed by atoms with Gasteiger partial charge in [-0.15, -0.1) is 0 Å². The van der Waals surface area contributed by atoms with Crippen LogP contribution < -0.4 is 9.50 Å². The SMILES string of the molecule is CS(=O)(=O)Oc1cc(Cl)ccc1C(=O)Nc1cc(C(F)(F)F)ccc1Br. The van der Waals surface area contributed by atoms with E-state index in [1.807, 2.05) is 0 Å². The van der Waals surface area contributed by atoms with E-state index in [4.69, 9.17) is 15.8 Å². The summed E-state index contributed by atoms with van der Waals surface area (Å²) in [5, 5.41) is 2.39. The summed E-state index contributed by atoms with van der Waals surface area (Å²) in [4.78, 5) is 12.4. The van der Waals surface area contributed by atoms with E-state index in [9.17, 15) is 26.4 Å². The Morgan fingerprint density at radius 3 is 2.42 bits per heavy atom. The number of benzene rings is 2. The second-order valence-corrected chi connectivity index (χ2v) is 7.94. The van der Waals surface area contributed by atoms with Crippen molar-refractivity contribution in [1.29, 1.82) is 0 Å². The van der Waals surface area contributed by atoms with E-state index in [-0.39, 0.29) is 26.5 Å². The van der Waals surface area contributed by atoms with E-state index in [1.54, 1.807) is 0 Å². The topological polar surface area (TPSA) is 72.5 Å². The fourth-order valence-electron chi connectivity index (χ4n) is 1.90. The molecule has 2 rings (SSSR count). The van der Waals surface area contributed by atoms with Crippen LogP contribution in [0.25, 0.3) is 0 Å². The Hall–Kier alpha value is -1.78. The molecule has 0 saturated heterocycles. The minimum absolute atomic E-state index is 0.112. The number of halogens is 5. The largest absolute Gasteiger partial charge is 0.416 e. The number of hydrogen-bond acceptors (Lipinski definition) is 4. The predicted molar refractivity (Wildman–Crippen MR) is 94.0 cm³/mol. The van der Waals surface area contributed by atoms with Gasteiger partial charge in [0.25, 0.3) is 5.91 Å². The van der Waals surface area contributed by atoms with Gasteiger partial charge in [-0.05, 0) is 46.3 Å². The zero-order chi connectivity index (χ0) is 19.7. The van der Waals surface area contributed by atoms with Crippen molar-refractivity contribution >= 4 is 49.2 Å². The van der Waals surface area contributed by atoms with Crippen molar-refractivity contribution in [2.75, 3.05) is 11.6 Å². The quantitative estimate of drug-likeness (QED) is 0.654. The van der Waals surface area contributed by atoms with E-state index in [0.717, 1.165) is 30.5 Å². The summed E-state index contributed by atoms with van der Waals surface area (Å²) in [7, 11) is -3.95. The molecule has 0 aliphatic carbocycles. The van der Waals surface area contributed by atoms with Crippen LogP contribution in [-0.4, -0.2) is 20.6 Å². The van der Waals surface area contributed by atoms with Gasteiger partial charge < -0.3 is 9.50 Å². The molecular formula is C15H10BrClF3NO4S. The molecule has 0 bridgehead atoms. The molecule has 2 aromatic carbocycles. The Morgan fingerprint density at radius 2 is 1.85 bits per heavy atom. The highest BCUT2D eigenvalue weighted by Gasteiger charge is 2.31. The molecule has 0 saturated carbocycles. The van der Waals surface area contributed by atoms with Crippen LogP contribution in [0.1, 0.15) is 15.9 Å². The summed E-state index contributed by atoms with van der Waals surface area (Å²) in [5.41, 5.74) is -1.33. The minimum Gasteiger partial charge on any atom is -0.382 e. The molecule has 0 atom stereocenters. The third kappa shape index (κ3) is 5.36. The maximum Gasteiger partial charge on any atom is 0.416 e. The Morgan fingerprint density at radius 1 is 1.19 bits per heavy atom. The first-order valence-electron chi connectivity index (χ1n) is 6.74. The molecule has 0 fully saturated rings. The summed E-state index contributed by atoms with van der Waals surface area (Å²) in [6.07, 6.45) is -3.82. The number of anilines is 1. The Kier molecular flexibility index (Phi) is 5.89. The van der Waals surface area contributed by atoms with Gasteiger partial charge >= 0.3 is 16.3 Å². The first kappa shape index (κ1) is 20.5. The van der Waals surface area contributed by atoms with E-state index in [2.05, 4.69) is 21.2 Å². The minimum atomic E-state index is -4.59. The van der Waals surface area contributed by atoms with E-state index in [1.165, 1.54) is 12.1 Å². The Labute approximate surface area is 160 Å². The highest BCUT2D eigenvalue weighted by molar-refractivity contribution is 9.10. The molecule has 0 aliphatic heterocycles. The maximum atomic E-state index is 12.8. The summed E-state index contributed by atoms with van der Waals surface area (Å²) in [6.45, 7) is 0. The normalized spacial score (nSPS) is 11.9. The number of alkyl halides is 3. The average Bonchev–Trinajstić information content (AvgIpc) is 2.46. The molecule has 0 aromatic heterocycles. The van der Waals surface area contributed by atoms with Crippen molar-refractivity contribution in [2.24, 2.45) is 0 Å². The number of hydrogen-bond donors (Lipinski definition) is 1. The van der Waals surface area contributed by atoms with Gasteiger partial charge in [0.1, 0.15) is 0 Å². The summed E-state index contributed by atoms with van der Waals surface area (Å²) < 4.78 is 66.0. The lowest BCUT2D eigenvalue weighted by atomic mass is 10.1. The highest BCUT2D eigenvalue weighted by atomic mass is 79.9. The fourth-order valence-corrected chi connectivity index (χ4v) is 2.87. The number of rotatable bonds is 4. The molecule has 26 heavy (non-hydrogen) atoms. The van der Waals surface area contributed by atoms with Gasteiger partial charge in [0.2, 0.25) is 0 Å². The van der Waals surface area contributed by atoms with Gasteiger partial charge in [0, 0.05) is 15.6 Å².